The minimum atomic E-state index is 0.260. The summed E-state index contributed by atoms with van der Waals surface area (Å²) in [5.41, 5.74) is 1.08. The molecule has 6 heteroatoms. The molecule has 144 valence electrons. The molecule has 0 bridgehead atoms. The molecule has 0 spiro atoms. The number of piperidine rings is 1. The first-order chi connectivity index (χ1) is 13.3. The third-order valence-corrected chi connectivity index (χ3v) is 4.54. The van der Waals surface area contributed by atoms with Crippen molar-refractivity contribution in [1.29, 1.82) is 0 Å². The number of aromatic nitrogens is 1. The fraction of sp³-hybridized carbons (Fsp3) is 0.429. The average molecular weight is 368 g/mol. The molecule has 1 N–H and O–H groups in total. The lowest BCUT2D eigenvalue weighted by Gasteiger charge is -2.34. The molecular formula is C21H28N4O2. The Hall–Kier alpha value is -2.76. The molecule has 0 unspecified atom stereocenters. The van der Waals surface area contributed by atoms with E-state index >= 15 is 0 Å². The van der Waals surface area contributed by atoms with E-state index in [-0.39, 0.29) is 6.10 Å². The Morgan fingerprint density at radius 3 is 2.70 bits per heavy atom. The minimum absolute atomic E-state index is 0.260. The van der Waals surface area contributed by atoms with Crippen LogP contribution in [0.4, 0.5) is 0 Å². The lowest BCUT2D eigenvalue weighted by atomic mass is 10.1. The second-order valence-electron chi connectivity index (χ2n) is 6.49. The van der Waals surface area contributed by atoms with Crippen LogP contribution in [0.3, 0.4) is 0 Å². The number of likely N-dealkylation sites (tertiary alicyclic amines) is 1. The predicted octanol–water partition coefficient (Wildman–Crippen LogP) is 3.10. The van der Waals surface area contributed by atoms with Crippen LogP contribution in [0.5, 0.6) is 11.6 Å². The van der Waals surface area contributed by atoms with Crippen molar-refractivity contribution in [1.82, 2.24) is 15.2 Å². The average Bonchev–Trinajstić information content (AvgIpc) is 2.73. The zero-order chi connectivity index (χ0) is 18.9. The molecule has 1 aromatic carbocycles. The van der Waals surface area contributed by atoms with Crippen molar-refractivity contribution in [3.63, 3.8) is 0 Å². The normalized spacial score (nSPS) is 15.5. The molecule has 2 aromatic rings. The highest BCUT2D eigenvalue weighted by atomic mass is 16.5. The first-order valence-corrected chi connectivity index (χ1v) is 9.52. The lowest BCUT2D eigenvalue weighted by Crippen LogP contribution is -2.47. The molecule has 27 heavy (non-hydrogen) atoms. The second kappa shape index (κ2) is 9.80. The van der Waals surface area contributed by atoms with Crippen LogP contribution in [0.2, 0.25) is 0 Å². The summed E-state index contributed by atoms with van der Waals surface area (Å²) in [6.45, 7) is 5.41. The van der Waals surface area contributed by atoms with Crippen molar-refractivity contribution in [2.75, 3.05) is 26.7 Å². The van der Waals surface area contributed by atoms with E-state index in [1.54, 1.807) is 13.3 Å². The van der Waals surface area contributed by atoms with E-state index in [4.69, 9.17) is 14.5 Å². The van der Waals surface area contributed by atoms with Gasteiger partial charge in [-0.1, -0.05) is 18.2 Å². The summed E-state index contributed by atoms with van der Waals surface area (Å²) in [7, 11) is 1.63. The van der Waals surface area contributed by atoms with E-state index in [0.717, 1.165) is 49.7 Å². The van der Waals surface area contributed by atoms with Crippen LogP contribution in [0, 0.1) is 0 Å². The number of benzene rings is 1. The van der Waals surface area contributed by atoms with E-state index in [2.05, 4.69) is 22.1 Å². The van der Waals surface area contributed by atoms with Gasteiger partial charge in [0.25, 0.3) is 0 Å². The number of hydrogen-bond acceptors (Lipinski definition) is 4. The van der Waals surface area contributed by atoms with E-state index in [9.17, 15) is 0 Å². The van der Waals surface area contributed by atoms with E-state index in [0.29, 0.717) is 12.4 Å². The molecular weight excluding hydrogens is 340 g/mol. The van der Waals surface area contributed by atoms with Gasteiger partial charge in [0.2, 0.25) is 5.88 Å². The van der Waals surface area contributed by atoms with Gasteiger partial charge in [-0.05, 0) is 30.7 Å². The van der Waals surface area contributed by atoms with Gasteiger partial charge < -0.3 is 19.7 Å². The van der Waals surface area contributed by atoms with Gasteiger partial charge in [-0.25, -0.2) is 9.98 Å². The summed E-state index contributed by atoms with van der Waals surface area (Å²) >= 11 is 0. The third-order valence-electron chi connectivity index (χ3n) is 4.54. The maximum Gasteiger partial charge on any atom is 0.213 e. The fourth-order valence-electron chi connectivity index (χ4n) is 3.13. The Morgan fingerprint density at radius 1 is 1.22 bits per heavy atom. The zero-order valence-corrected chi connectivity index (χ0v) is 16.1. The van der Waals surface area contributed by atoms with Crippen LogP contribution in [0.25, 0.3) is 0 Å². The summed E-state index contributed by atoms with van der Waals surface area (Å²) < 4.78 is 11.3. The van der Waals surface area contributed by atoms with Crippen molar-refractivity contribution in [2.24, 2.45) is 4.99 Å². The highest BCUT2D eigenvalue weighted by Crippen LogP contribution is 2.19. The van der Waals surface area contributed by atoms with Gasteiger partial charge >= 0.3 is 0 Å². The van der Waals surface area contributed by atoms with Gasteiger partial charge in [0.1, 0.15) is 11.9 Å². The number of guanidine groups is 1. The number of nitrogens with zero attached hydrogens (tertiary/aromatic N) is 3. The van der Waals surface area contributed by atoms with Crippen LogP contribution >= 0.6 is 0 Å². The number of hydrogen-bond donors (Lipinski definition) is 1. The first-order valence-electron chi connectivity index (χ1n) is 9.52. The predicted molar refractivity (Wildman–Crippen MR) is 107 cm³/mol. The molecule has 0 radical (unpaired) electrons. The minimum Gasteiger partial charge on any atom is -0.490 e. The highest BCUT2D eigenvalue weighted by Gasteiger charge is 2.22. The van der Waals surface area contributed by atoms with Gasteiger partial charge in [0.15, 0.2) is 5.96 Å². The molecule has 1 fully saturated rings. The molecule has 2 heterocycles. The maximum atomic E-state index is 6.09. The number of aliphatic imine (C=N–C) groups is 1. The third kappa shape index (κ3) is 5.61. The Labute approximate surface area is 161 Å². The molecule has 1 saturated heterocycles. The van der Waals surface area contributed by atoms with Crippen LogP contribution in [-0.2, 0) is 6.54 Å². The monoisotopic (exact) mass is 368 g/mol. The number of para-hydroxylation sites is 1. The lowest BCUT2D eigenvalue weighted by molar-refractivity contribution is 0.129. The van der Waals surface area contributed by atoms with Gasteiger partial charge in [-0.15, -0.1) is 0 Å². The highest BCUT2D eigenvalue weighted by molar-refractivity contribution is 5.80. The molecule has 1 aromatic heterocycles. The number of rotatable bonds is 6. The molecule has 3 rings (SSSR count). The first kappa shape index (κ1) is 19.0. The quantitative estimate of drug-likeness (QED) is 0.627. The maximum absolute atomic E-state index is 6.09. The molecule has 0 aliphatic carbocycles. The molecule has 1 aliphatic rings. The fourth-order valence-corrected chi connectivity index (χ4v) is 3.13. The summed E-state index contributed by atoms with van der Waals surface area (Å²) in [6.07, 6.45) is 3.99. The smallest absolute Gasteiger partial charge is 0.213 e. The van der Waals surface area contributed by atoms with Crippen LogP contribution in [0.15, 0.2) is 53.7 Å². The van der Waals surface area contributed by atoms with Crippen molar-refractivity contribution < 1.29 is 9.47 Å². The van der Waals surface area contributed by atoms with Gasteiger partial charge in [-0.3, -0.25) is 0 Å². The molecule has 0 amide bonds. The standard InChI is InChI=1S/C21H28N4O2/c1-3-22-21(24-16-17-9-12-23-20(15-17)26-2)25-13-10-19(11-14-25)27-18-7-5-4-6-8-18/h4-9,12,15,19H,3,10-11,13-14,16H2,1-2H3,(H,22,24). The van der Waals surface area contributed by atoms with Gasteiger partial charge in [0.05, 0.1) is 13.7 Å². The Morgan fingerprint density at radius 2 is 2.00 bits per heavy atom. The van der Waals surface area contributed by atoms with Gasteiger partial charge in [0, 0.05) is 44.7 Å². The van der Waals surface area contributed by atoms with Gasteiger partial charge in [-0.2, -0.15) is 0 Å². The largest absolute Gasteiger partial charge is 0.490 e. The Bertz CT molecular complexity index is 728. The van der Waals surface area contributed by atoms with Crippen molar-refractivity contribution in [3.05, 3.63) is 54.2 Å². The van der Waals surface area contributed by atoms with E-state index < -0.39 is 0 Å². The second-order valence-corrected chi connectivity index (χ2v) is 6.49. The Kier molecular flexibility index (Phi) is 6.90. The van der Waals surface area contributed by atoms with Crippen LogP contribution < -0.4 is 14.8 Å². The molecule has 6 nitrogen and oxygen atoms in total. The van der Waals surface area contributed by atoms with Crippen LogP contribution in [0.1, 0.15) is 25.3 Å². The molecule has 1 aliphatic heterocycles. The topological polar surface area (TPSA) is 59.0 Å². The summed E-state index contributed by atoms with van der Waals surface area (Å²) in [5, 5.41) is 3.40. The molecule has 0 saturated carbocycles. The number of ether oxygens (including phenoxy) is 2. The summed E-state index contributed by atoms with van der Waals surface area (Å²) in [5.74, 6) is 2.51. The van der Waals surface area contributed by atoms with Crippen LogP contribution in [-0.4, -0.2) is 48.7 Å². The number of methoxy groups -OCH3 is 1. The Balaban J connectivity index is 1.57. The zero-order valence-electron chi connectivity index (χ0n) is 16.1. The number of nitrogens with one attached hydrogen (secondary N) is 1. The van der Waals surface area contributed by atoms with Crippen molar-refractivity contribution in [3.8, 4) is 11.6 Å². The summed E-state index contributed by atoms with van der Waals surface area (Å²) in [4.78, 5) is 11.3. The van der Waals surface area contributed by atoms with E-state index in [1.807, 2.05) is 42.5 Å². The number of pyridine rings is 1. The van der Waals surface area contributed by atoms with Crippen molar-refractivity contribution >= 4 is 5.96 Å². The summed E-state index contributed by atoms with van der Waals surface area (Å²) in [6, 6.07) is 13.9. The SMILES string of the molecule is CCNC(=NCc1ccnc(OC)c1)N1CCC(Oc2ccccc2)CC1. The van der Waals surface area contributed by atoms with E-state index in [1.165, 1.54) is 0 Å². The van der Waals surface area contributed by atoms with Crippen molar-refractivity contribution in [2.45, 2.75) is 32.4 Å². The molecule has 0 atom stereocenters.